The van der Waals surface area contributed by atoms with Gasteiger partial charge in [0, 0.05) is 13.1 Å². The van der Waals surface area contributed by atoms with Crippen molar-refractivity contribution in [3.8, 4) is 0 Å². The fourth-order valence-electron chi connectivity index (χ4n) is 0.241. The van der Waals surface area contributed by atoms with Gasteiger partial charge in [0.1, 0.15) is 4.32 Å². The summed E-state index contributed by atoms with van der Waals surface area (Å²) >= 11 is 8.58. The minimum atomic E-state index is 0.731. The Hall–Kier alpha value is 0.240. The van der Waals surface area contributed by atoms with E-state index in [-0.39, 0.29) is 0 Å². The van der Waals surface area contributed by atoms with Crippen molar-refractivity contribution in [1.29, 1.82) is 0 Å². The zero-order chi connectivity index (χ0) is 4.57. The molecule has 0 N–H and O–H groups in total. The van der Waals surface area contributed by atoms with Gasteiger partial charge in [0.05, 0.1) is 0 Å². The molecule has 1 nitrogen and oxygen atoms in total. The summed E-state index contributed by atoms with van der Waals surface area (Å²) in [6, 6.07) is 0. The van der Waals surface area contributed by atoms with Gasteiger partial charge >= 0.3 is 0 Å². The minimum absolute atomic E-state index is 0.731. The standard InChI is InChI=1S/C3H5NS2/c5-3(6)4-1-2-4/h1-2H2,(H,5,6). The highest BCUT2D eigenvalue weighted by Crippen LogP contribution is 2.06. The highest BCUT2D eigenvalue weighted by Gasteiger charge is 2.16. The Morgan fingerprint density at radius 1 is 1.67 bits per heavy atom. The molecule has 0 spiro atoms. The summed E-state index contributed by atoms with van der Waals surface area (Å²) in [7, 11) is 0. The summed E-state index contributed by atoms with van der Waals surface area (Å²) in [4.78, 5) is 2.01. The second kappa shape index (κ2) is 1.39. The molecule has 34 valence electrons. The van der Waals surface area contributed by atoms with Crippen LogP contribution in [0, 0.1) is 0 Å². The summed E-state index contributed by atoms with van der Waals surface area (Å²) in [5, 5.41) is 0. The van der Waals surface area contributed by atoms with Crippen molar-refractivity contribution in [3.63, 3.8) is 0 Å². The van der Waals surface area contributed by atoms with E-state index in [1.54, 1.807) is 0 Å². The van der Waals surface area contributed by atoms with Gasteiger partial charge in [0.25, 0.3) is 0 Å². The van der Waals surface area contributed by atoms with Gasteiger partial charge in [-0.3, -0.25) is 0 Å². The molecule has 1 fully saturated rings. The van der Waals surface area contributed by atoms with Crippen LogP contribution in [-0.4, -0.2) is 22.3 Å². The lowest BCUT2D eigenvalue weighted by molar-refractivity contribution is 0.885. The van der Waals surface area contributed by atoms with Crippen LogP contribution < -0.4 is 0 Å². The molecule has 6 heavy (non-hydrogen) atoms. The third kappa shape index (κ3) is 0.849. The van der Waals surface area contributed by atoms with Crippen LogP contribution in [0.25, 0.3) is 0 Å². The summed E-state index contributed by atoms with van der Waals surface area (Å²) in [6.07, 6.45) is 0. The molecule has 1 rings (SSSR count). The van der Waals surface area contributed by atoms with Crippen LogP contribution in [0.4, 0.5) is 0 Å². The van der Waals surface area contributed by atoms with Gasteiger partial charge in [0.15, 0.2) is 0 Å². The van der Waals surface area contributed by atoms with Crippen molar-refractivity contribution < 1.29 is 0 Å². The molecule has 1 aliphatic heterocycles. The van der Waals surface area contributed by atoms with E-state index in [9.17, 15) is 0 Å². The van der Waals surface area contributed by atoms with Crippen molar-refractivity contribution in [3.05, 3.63) is 0 Å². The van der Waals surface area contributed by atoms with E-state index >= 15 is 0 Å². The molecule has 0 aromatic carbocycles. The van der Waals surface area contributed by atoms with Gasteiger partial charge in [-0.2, -0.15) is 0 Å². The molecule has 0 aromatic rings. The number of thiol groups is 1. The van der Waals surface area contributed by atoms with Gasteiger partial charge in [-0.25, -0.2) is 0 Å². The smallest absolute Gasteiger partial charge is 0.133 e. The Balaban J connectivity index is 2.31. The SMILES string of the molecule is S=C(S)N1CC1. The number of nitrogens with zero attached hydrogens (tertiary/aromatic N) is 1. The lowest BCUT2D eigenvalue weighted by atomic mass is 11.0. The predicted molar refractivity (Wildman–Crippen MR) is 33.2 cm³/mol. The van der Waals surface area contributed by atoms with Crippen LogP contribution in [0.5, 0.6) is 0 Å². The van der Waals surface area contributed by atoms with Crippen LogP contribution in [0.3, 0.4) is 0 Å². The molecule has 3 heteroatoms. The molecule has 1 saturated heterocycles. The summed E-state index contributed by atoms with van der Waals surface area (Å²) in [5.74, 6) is 0. The molecule has 0 unspecified atom stereocenters. The van der Waals surface area contributed by atoms with E-state index in [1.807, 2.05) is 4.90 Å². The van der Waals surface area contributed by atoms with Crippen molar-refractivity contribution in [2.24, 2.45) is 0 Å². The van der Waals surface area contributed by atoms with E-state index in [0.717, 1.165) is 17.4 Å². The maximum Gasteiger partial charge on any atom is 0.133 e. The zero-order valence-corrected chi connectivity index (χ0v) is 4.93. The Kier molecular flexibility index (Phi) is 1.02. The molecular weight excluding hydrogens is 114 g/mol. The maximum absolute atomic E-state index is 4.67. The first-order valence-electron chi connectivity index (χ1n) is 1.78. The lowest BCUT2D eigenvalue weighted by Crippen LogP contribution is -1.95. The molecule has 0 atom stereocenters. The van der Waals surface area contributed by atoms with Crippen LogP contribution in [0.15, 0.2) is 0 Å². The fourth-order valence-corrected chi connectivity index (χ4v) is 0.624. The average molecular weight is 119 g/mol. The van der Waals surface area contributed by atoms with Crippen LogP contribution in [-0.2, 0) is 0 Å². The van der Waals surface area contributed by atoms with Crippen molar-refractivity contribution in [2.75, 3.05) is 13.1 Å². The number of hydrogen-bond acceptors (Lipinski definition) is 1. The Bertz CT molecular complexity index is 76.9. The van der Waals surface area contributed by atoms with Crippen LogP contribution >= 0.6 is 24.8 Å². The van der Waals surface area contributed by atoms with Gasteiger partial charge in [-0.05, 0) is 0 Å². The largest absolute Gasteiger partial charge is 0.354 e. The van der Waals surface area contributed by atoms with Crippen molar-refractivity contribution in [2.45, 2.75) is 0 Å². The number of hydrogen-bond donors (Lipinski definition) is 1. The lowest BCUT2D eigenvalue weighted by Gasteiger charge is -1.88. The molecular formula is C3H5NS2. The molecule has 0 aromatic heterocycles. The van der Waals surface area contributed by atoms with E-state index < -0.39 is 0 Å². The van der Waals surface area contributed by atoms with E-state index in [4.69, 9.17) is 0 Å². The first kappa shape index (κ1) is 4.40. The van der Waals surface area contributed by atoms with Gasteiger partial charge < -0.3 is 4.90 Å². The molecule has 0 aliphatic carbocycles. The third-order valence-corrected chi connectivity index (χ3v) is 1.26. The maximum atomic E-state index is 4.67. The summed E-state index contributed by atoms with van der Waals surface area (Å²) < 4.78 is 0.731. The van der Waals surface area contributed by atoms with Gasteiger partial charge in [-0.15, -0.1) is 12.6 Å². The summed E-state index contributed by atoms with van der Waals surface area (Å²) in [6.45, 7) is 2.23. The molecule has 1 aliphatic rings. The Morgan fingerprint density at radius 2 is 2.17 bits per heavy atom. The predicted octanol–water partition coefficient (Wildman–Crippen LogP) is 0.517. The second-order valence-corrected chi connectivity index (χ2v) is 2.38. The normalized spacial score (nSPS) is 17.8. The molecule has 0 radical (unpaired) electrons. The Labute approximate surface area is 47.7 Å². The van der Waals surface area contributed by atoms with Crippen molar-refractivity contribution >= 4 is 29.2 Å². The number of rotatable bonds is 0. The molecule has 0 saturated carbocycles. The summed E-state index contributed by atoms with van der Waals surface area (Å²) in [5.41, 5.74) is 0. The van der Waals surface area contributed by atoms with E-state index in [0.29, 0.717) is 0 Å². The molecule has 0 amide bonds. The molecule has 1 heterocycles. The quantitative estimate of drug-likeness (QED) is 0.281. The highest BCUT2D eigenvalue weighted by atomic mass is 32.1. The van der Waals surface area contributed by atoms with Crippen LogP contribution in [0.2, 0.25) is 0 Å². The first-order valence-corrected chi connectivity index (χ1v) is 2.64. The first-order chi connectivity index (χ1) is 2.80. The number of thiocarbonyl (C=S) groups is 1. The second-order valence-electron chi connectivity index (χ2n) is 1.27. The zero-order valence-electron chi connectivity index (χ0n) is 3.22. The average Bonchev–Trinajstić information content (AvgIpc) is 2.06. The minimum Gasteiger partial charge on any atom is -0.354 e. The van der Waals surface area contributed by atoms with E-state index in [1.165, 1.54) is 0 Å². The Morgan fingerprint density at radius 3 is 2.17 bits per heavy atom. The van der Waals surface area contributed by atoms with E-state index in [2.05, 4.69) is 24.8 Å². The van der Waals surface area contributed by atoms with Gasteiger partial charge in [0.2, 0.25) is 0 Å². The van der Waals surface area contributed by atoms with Crippen LogP contribution in [0.1, 0.15) is 0 Å². The molecule has 0 bridgehead atoms. The van der Waals surface area contributed by atoms with Gasteiger partial charge in [-0.1, -0.05) is 12.2 Å². The monoisotopic (exact) mass is 119 g/mol. The topological polar surface area (TPSA) is 3.01 Å². The fraction of sp³-hybridized carbons (Fsp3) is 0.667. The highest BCUT2D eigenvalue weighted by molar-refractivity contribution is 8.10. The third-order valence-electron chi connectivity index (χ3n) is 0.718. The van der Waals surface area contributed by atoms with Crippen molar-refractivity contribution in [1.82, 2.24) is 4.90 Å².